The van der Waals surface area contributed by atoms with Gasteiger partial charge in [0.1, 0.15) is 30.1 Å². The maximum atomic E-state index is 9.77. The Morgan fingerprint density at radius 2 is 1.39 bits per heavy atom. The lowest BCUT2D eigenvalue weighted by Crippen LogP contribution is -2.26. The van der Waals surface area contributed by atoms with Gasteiger partial charge in [0, 0.05) is 58.9 Å². The number of thiophene rings is 1. The van der Waals surface area contributed by atoms with Crippen LogP contribution in [0.5, 0.6) is 5.75 Å². The normalized spacial score (nSPS) is 14.9. The Kier molecular flexibility index (Phi) is 14.7. The van der Waals surface area contributed by atoms with Crippen molar-refractivity contribution in [3.8, 4) is 29.0 Å². The second kappa shape index (κ2) is 20.7. The number of benzene rings is 4. The maximum Gasteiger partial charge on any atom is 0.237 e. The molecule has 8 nitrogen and oxygen atoms in total. The van der Waals surface area contributed by atoms with Crippen LogP contribution in [0.25, 0.3) is 34.2 Å². The highest BCUT2D eigenvalue weighted by molar-refractivity contribution is 7.13. The van der Waals surface area contributed by atoms with Gasteiger partial charge >= 0.3 is 0 Å². The topological polar surface area (TPSA) is 114 Å². The summed E-state index contributed by atoms with van der Waals surface area (Å²) in [6, 6.07) is 42.1. The van der Waals surface area contributed by atoms with E-state index in [-0.39, 0.29) is 30.2 Å². The summed E-state index contributed by atoms with van der Waals surface area (Å²) in [5.74, 6) is 0.742. The molecule has 0 bridgehead atoms. The van der Waals surface area contributed by atoms with E-state index >= 15 is 0 Å². The molecule has 4 aromatic carbocycles. The molecule has 9 heteroatoms. The molecular formula is C50H46N4O4S. The first-order valence-electron chi connectivity index (χ1n) is 19.7. The second-order valence-corrected chi connectivity index (χ2v) is 15.3. The van der Waals surface area contributed by atoms with Crippen LogP contribution in [-0.4, -0.2) is 36.5 Å². The third-order valence-corrected chi connectivity index (χ3v) is 11.2. The summed E-state index contributed by atoms with van der Waals surface area (Å²) in [6.45, 7) is 12.3. The largest absolute Gasteiger partial charge is 0.488 e. The number of nitrogens with zero attached hydrogens (tertiary/aromatic N) is 4. The summed E-state index contributed by atoms with van der Waals surface area (Å²) in [5.41, 5.74) is 5.23. The molecule has 0 radical (unpaired) electrons. The molecule has 296 valence electrons. The summed E-state index contributed by atoms with van der Waals surface area (Å²) >= 11 is 1.58. The molecule has 0 fully saturated rings. The van der Waals surface area contributed by atoms with E-state index in [4.69, 9.17) is 16.0 Å². The zero-order valence-corrected chi connectivity index (χ0v) is 33.9. The van der Waals surface area contributed by atoms with Crippen molar-refractivity contribution in [2.75, 3.05) is 31.2 Å². The number of allylic oxidation sites excluding steroid dienone is 1. The van der Waals surface area contributed by atoms with Crippen molar-refractivity contribution in [1.29, 1.82) is 10.5 Å². The number of aliphatic hydroxyl groups excluding tert-OH is 2. The maximum absolute atomic E-state index is 9.77. The fourth-order valence-corrected chi connectivity index (χ4v) is 7.74. The van der Waals surface area contributed by atoms with Gasteiger partial charge in [0.2, 0.25) is 5.70 Å². The lowest BCUT2D eigenvalue weighted by Gasteiger charge is -2.28. The van der Waals surface area contributed by atoms with Crippen LogP contribution in [-0.2, 0) is 16.9 Å². The number of anilines is 1. The molecule has 1 unspecified atom stereocenters. The Hall–Kier alpha value is -6.67. The summed E-state index contributed by atoms with van der Waals surface area (Å²) < 4.78 is 12.9. The van der Waals surface area contributed by atoms with Gasteiger partial charge in [-0.25, -0.2) is 4.85 Å². The molecule has 0 saturated heterocycles. The summed E-state index contributed by atoms with van der Waals surface area (Å²) in [5, 5.41) is 38.3. The second-order valence-electron chi connectivity index (χ2n) is 14.1. The molecule has 6 rings (SSSR count). The fourth-order valence-electron chi connectivity index (χ4n) is 6.93. The van der Waals surface area contributed by atoms with Gasteiger partial charge in [0.25, 0.3) is 0 Å². The number of unbranched alkanes of at least 4 members (excludes halogenated alkanes) is 2. The van der Waals surface area contributed by atoms with Crippen LogP contribution in [0, 0.1) is 29.2 Å². The first-order valence-corrected chi connectivity index (χ1v) is 20.5. The van der Waals surface area contributed by atoms with Gasteiger partial charge in [-0.2, -0.15) is 10.5 Å². The lowest BCUT2D eigenvalue weighted by atomic mass is 9.86. The van der Waals surface area contributed by atoms with Gasteiger partial charge in [-0.1, -0.05) is 91.0 Å². The van der Waals surface area contributed by atoms with Crippen molar-refractivity contribution in [1.82, 2.24) is 0 Å². The van der Waals surface area contributed by atoms with Crippen LogP contribution in [0.1, 0.15) is 59.1 Å². The third kappa shape index (κ3) is 10.4. The predicted octanol–water partition coefficient (Wildman–Crippen LogP) is 10.9. The third-order valence-electron chi connectivity index (χ3n) is 10.2. The van der Waals surface area contributed by atoms with E-state index in [0.29, 0.717) is 12.2 Å². The Balaban J connectivity index is 1.28. The van der Waals surface area contributed by atoms with E-state index < -0.39 is 5.60 Å². The van der Waals surface area contributed by atoms with Crippen LogP contribution in [0.3, 0.4) is 0 Å². The first kappa shape index (κ1) is 41.9. The number of hydrogen-bond acceptors (Lipinski definition) is 8. The van der Waals surface area contributed by atoms with Gasteiger partial charge in [-0.3, -0.25) is 0 Å². The van der Waals surface area contributed by atoms with Crippen molar-refractivity contribution in [3.63, 3.8) is 0 Å². The monoisotopic (exact) mass is 798 g/mol. The standard InChI is InChI=1S/C50H46N4O4S/c1-50(42-21-17-39(18-22-42)38-15-7-4-8-16-38)46(48(53-2)49(58-50)41(34-51)35-52)28-27-45-26-25-44(59-45)24-20-40-19-23-43(54(29-9-11-31-55)30-10-12-32-56)33-47(40)57-36-37-13-5-3-6-14-37/h3-8,13-28,33,55-56H,9-12,29-32,36H2,1H3/b24-20+,28-27+. The molecule has 0 aliphatic carbocycles. The SMILES string of the molecule is [C-]#[N+]C1=C(/C=C/c2ccc(/C=C/c3ccc(N(CCCCO)CCCCO)cc3OCc3ccccc3)s2)C(C)(c2ccc(-c3ccccc3)cc2)OC1=C(C#N)C#N. The molecule has 1 aliphatic heterocycles. The zero-order chi connectivity index (χ0) is 41.5. The van der Waals surface area contributed by atoms with Gasteiger partial charge in [0.15, 0.2) is 11.3 Å². The van der Waals surface area contributed by atoms with E-state index in [0.717, 1.165) is 87.8 Å². The number of rotatable bonds is 18. The number of aliphatic hydroxyl groups is 2. The summed E-state index contributed by atoms with van der Waals surface area (Å²) in [4.78, 5) is 8.03. The highest BCUT2D eigenvalue weighted by atomic mass is 32.1. The van der Waals surface area contributed by atoms with E-state index in [2.05, 4.69) is 34.0 Å². The highest BCUT2D eigenvalue weighted by Gasteiger charge is 2.43. The van der Waals surface area contributed by atoms with Crippen molar-refractivity contribution in [3.05, 3.63) is 182 Å². The van der Waals surface area contributed by atoms with E-state index in [1.54, 1.807) is 11.3 Å². The molecule has 5 aromatic rings. The van der Waals surface area contributed by atoms with Crippen molar-refractivity contribution < 1.29 is 19.7 Å². The molecular weight excluding hydrogens is 753 g/mol. The Bertz CT molecular complexity index is 2420. The molecule has 1 atom stereocenters. The van der Waals surface area contributed by atoms with E-state index in [9.17, 15) is 20.7 Å². The van der Waals surface area contributed by atoms with Gasteiger partial charge in [-0.15, -0.1) is 11.3 Å². The van der Waals surface area contributed by atoms with Crippen LogP contribution in [0.15, 0.2) is 144 Å². The minimum Gasteiger partial charge on any atom is -0.488 e. The molecule has 2 N–H and O–H groups in total. The smallest absolute Gasteiger partial charge is 0.237 e. The van der Waals surface area contributed by atoms with Crippen molar-refractivity contribution in [2.45, 2.75) is 44.8 Å². The predicted molar refractivity (Wildman–Crippen MR) is 237 cm³/mol. The summed E-state index contributed by atoms with van der Waals surface area (Å²) in [7, 11) is 0. The fraction of sp³-hybridized carbons (Fsp3) is 0.220. The van der Waals surface area contributed by atoms with Crippen LogP contribution < -0.4 is 9.64 Å². The van der Waals surface area contributed by atoms with Crippen LogP contribution in [0.2, 0.25) is 0 Å². The zero-order valence-electron chi connectivity index (χ0n) is 33.1. The minimum atomic E-state index is -1.13. The molecule has 0 saturated carbocycles. The Labute approximate surface area is 351 Å². The Morgan fingerprint density at radius 3 is 2.00 bits per heavy atom. The highest BCUT2D eigenvalue weighted by Crippen LogP contribution is 2.48. The van der Waals surface area contributed by atoms with Crippen LogP contribution >= 0.6 is 11.3 Å². The van der Waals surface area contributed by atoms with Gasteiger partial charge in [0.05, 0.1) is 6.57 Å². The molecule has 1 aromatic heterocycles. The number of nitriles is 2. The van der Waals surface area contributed by atoms with Gasteiger partial charge in [-0.05, 0) is 97.4 Å². The molecule has 59 heavy (non-hydrogen) atoms. The first-order chi connectivity index (χ1) is 28.9. The molecule has 2 heterocycles. The average molecular weight is 799 g/mol. The van der Waals surface area contributed by atoms with E-state index in [1.165, 1.54) is 0 Å². The lowest BCUT2D eigenvalue weighted by molar-refractivity contribution is 0.0755. The average Bonchev–Trinajstić information content (AvgIpc) is 3.86. The number of hydrogen-bond donors (Lipinski definition) is 2. The van der Waals surface area contributed by atoms with Crippen molar-refractivity contribution in [2.24, 2.45) is 0 Å². The van der Waals surface area contributed by atoms with Crippen molar-refractivity contribution >= 4 is 35.3 Å². The molecule has 1 aliphatic rings. The Morgan fingerprint density at radius 1 is 0.780 bits per heavy atom. The quantitative estimate of drug-likeness (QED) is 0.0515. The molecule has 0 spiro atoms. The minimum absolute atomic E-state index is 0.0103. The van der Waals surface area contributed by atoms with Gasteiger partial charge < -0.3 is 24.6 Å². The molecule has 0 amide bonds. The number of ether oxygens (including phenoxy) is 2. The van der Waals surface area contributed by atoms with E-state index in [1.807, 2.05) is 134 Å². The van der Waals surface area contributed by atoms with Crippen LogP contribution in [0.4, 0.5) is 5.69 Å². The summed E-state index contributed by atoms with van der Waals surface area (Å²) in [6.07, 6.45) is 11.1.